The van der Waals surface area contributed by atoms with E-state index in [2.05, 4.69) is 10.2 Å². The van der Waals surface area contributed by atoms with Crippen molar-refractivity contribution in [3.8, 4) is 0 Å². The van der Waals surface area contributed by atoms with Gasteiger partial charge in [0.05, 0.1) is 12.3 Å². The van der Waals surface area contributed by atoms with Crippen molar-refractivity contribution in [1.82, 2.24) is 19.7 Å². The Hall–Kier alpha value is -1.76. The first-order chi connectivity index (χ1) is 10.5. The van der Waals surface area contributed by atoms with E-state index >= 15 is 0 Å². The SMILES string of the molecule is Cc1ccc(CN(C)C(=O)CSc2nnc(C3CC3)n2C)o1. The maximum Gasteiger partial charge on any atom is 0.233 e. The van der Waals surface area contributed by atoms with Crippen LogP contribution in [0.5, 0.6) is 0 Å². The van der Waals surface area contributed by atoms with Crippen LogP contribution in [0.4, 0.5) is 0 Å². The molecular weight excluding hydrogens is 300 g/mol. The van der Waals surface area contributed by atoms with Gasteiger partial charge >= 0.3 is 0 Å². The number of carbonyl (C=O) groups is 1. The zero-order valence-electron chi connectivity index (χ0n) is 13.1. The van der Waals surface area contributed by atoms with Gasteiger partial charge in [0.15, 0.2) is 5.16 Å². The molecule has 118 valence electrons. The Morgan fingerprint density at radius 1 is 1.45 bits per heavy atom. The first-order valence-corrected chi connectivity index (χ1v) is 8.34. The van der Waals surface area contributed by atoms with E-state index in [1.54, 1.807) is 11.9 Å². The number of nitrogens with zero attached hydrogens (tertiary/aromatic N) is 4. The van der Waals surface area contributed by atoms with Crippen molar-refractivity contribution < 1.29 is 9.21 Å². The third-order valence-electron chi connectivity index (χ3n) is 3.75. The molecular formula is C15H20N4O2S. The lowest BCUT2D eigenvalue weighted by Crippen LogP contribution is -2.27. The molecule has 2 aromatic rings. The van der Waals surface area contributed by atoms with Crippen LogP contribution < -0.4 is 0 Å². The van der Waals surface area contributed by atoms with Crippen molar-refractivity contribution in [2.75, 3.05) is 12.8 Å². The molecule has 2 aromatic heterocycles. The Bertz CT molecular complexity index is 675. The third kappa shape index (κ3) is 3.35. The summed E-state index contributed by atoms with van der Waals surface area (Å²) in [4.78, 5) is 13.9. The Labute approximate surface area is 133 Å². The smallest absolute Gasteiger partial charge is 0.233 e. The second-order valence-corrected chi connectivity index (χ2v) is 6.67. The van der Waals surface area contributed by atoms with Gasteiger partial charge in [0, 0.05) is 20.0 Å². The molecule has 0 saturated heterocycles. The van der Waals surface area contributed by atoms with E-state index < -0.39 is 0 Å². The zero-order chi connectivity index (χ0) is 15.7. The molecule has 0 unspecified atom stereocenters. The number of aromatic nitrogens is 3. The Kier molecular flexibility index (Phi) is 4.24. The van der Waals surface area contributed by atoms with Crippen LogP contribution >= 0.6 is 11.8 Å². The predicted octanol–water partition coefficient (Wildman–Crippen LogP) is 2.34. The number of amides is 1. The minimum absolute atomic E-state index is 0.0509. The first-order valence-electron chi connectivity index (χ1n) is 7.36. The predicted molar refractivity (Wildman–Crippen MR) is 83.6 cm³/mol. The van der Waals surface area contributed by atoms with E-state index in [1.807, 2.05) is 30.7 Å². The minimum Gasteiger partial charge on any atom is -0.464 e. The summed E-state index contributed by atoms with van der Waals surface area (Å²) in [6.45, 7) is 2.38. The molecule has 3 rings (SSSR count). The van der Waals surface area contributed by atoms with Gasteiger partial charge in [-0.2, -0.15) is 0 Å². The Morgan fingerprint density at radius 2 is 2.23 bits per heavy atom. The lowest BCUT2D eigenvalue weighted by Gasteiger charge is -2.15. The molecule has 1 aliphatic carbocycles. The van der Waals surface area contributed by atoms with Gasteiger partial charge in [0.1, 0.15) is 17.3 Å². The summed E-state index contributed by atoms with van der Waals surface area (Å²) in [6.07, 6.45) is 2.39. The van der Waals surface area contributed by atoms with Crippen LogP contribution in [0.2, 0.25) is 0 Å². The van der Waals surface area contributed by atoms with Crippen LogP contribution in [0.1, 0.15) is 36.1 Å². The molecule has 1 fully saturated rings. The molecule has 0 atom stereocenters. The Balaban J connectivity index is 1.53. The number of aryl methyl sites for hydroxylation is 1. The molecule has 0 N–H and O–H groups in total. The monoisotopic (exact) mass is 320 g/mol. The van der Waals surface area contributed by atoms with Crippen molar-refractivity contribution >= 4 is 17.7 Å². The molecule has 1 amide bonds. The summed E-state index contributed by atoms with van der Waals surface area (Å²) < 4.78 is 7.50. The number of carbonyl (C=O) groups excluding carboxylic acids is 1. The highest BCUT2D eigenvalue weighted by Crippen LogP contribution is 2.39. The van der Waals surface area contributed by atoms with Crippen LogP contribution in [0.15, 0.2) is 21.7 Å². The van der Waals surface area contributed by atoms with E-state index in [-0.39, 0.29) is 5.91 Å². The average molecular weight is 320 g/mol. The molecule has 2 heterocycles. The van der Waals surface area contributed by atoms with Crippen LogP contribution in [0, 0.1) is 6.92 Å². The number of hydrogen-bond acceptors (Lipinski definition) is 5. The van der Waals surface area contributed by atoms with Crippen molar-refractivity contribution in [2.24, 2.45) is 7.05 Å². The maximum absolute atomic E-state index is 12.2. The number of thioether (sulfide) groups is 1. The third-order valence-corrected chi connectivity index (χ3v) is 4.76. The number of rotatable bonds is 6. The number of furan rings is 1. The van der Waals surface area contributed by atoms with Crippen molar-refractivity contribution in [2.45, 2.75) is 37.4 Å². The summed E-state index contributed by atoms with van der Waals surface area (Å²) in [7, 11) is 3.75. The molecule has 0 spiro atoms. The summed E-state index contributed by atoms with van der Waals surface area (Å²) >= 11 is 1.43. The second-order valence-electron chi connectivity index (χ2n) is 5.72. The summed E-state index contributed by atoms with van der Waals surface area (Å²) in [5, 5.41) is 9.21. The molecule has 22 heavy (non-hydrogen) atoms. The standard InChI is InChI=1S/C15H20N4O2S/c1-10-4-7-12(21-10)8-18(2)13(20)9-22-15-17-16-14(19(15)3)11-5-6-11/h4,7,11H,5-6,8-9H2,1-3H3. The molecule has 7 heteroatoms. The fourth-order valence-corrected chi connectivity index (χ4v) is 3.14. The molecule has 0 radical (unpaired) electrons. The van der Waals surface area contributed by atoms with Crippen LogP contribution in [-0.4, -0.2) is 38.4 Å². The van der Waals surface area contributed by atoms with Gasteiger partial charge in [-0.15, -0.1) is 10.2 Å². The van der Waals surface area contributed by atoms with Crippen LogP contribution in [0.3, 0.4) is 0 Å². The van der Waals surface area contributed by atoms with E-state index in [0.29, 0.717) is 18.2 Å². The fourth-order valence-electron chi connectivity index (χ4n) is 2.28. The maximum atomic E-state index is 12.2. The second kappa shape index (κ2) is 6.16. The van der Waals surface area contributed by atoms with Crippen LogP contribution in [-0.2, 0) is 18.4 Å². The van der Waals surface area contributed by atoms with E-state index in [4.69, 9.17) is 4.42 Å². The van der Waals surface area contributed by atoms with E-state index in [0.717, 1.165) is 22.5 Å². The normalized spacial score (nSPS) is 14.3. The quantitative estimate of drug-likeness (QED) is 0.765. The first kappa shape index (κ1) is 15.1. The van der Waals surface area contributed by atoms with Gasteiger partial charge in [-0.25, -0.2) is 0 Å². The summed E-state index contributed by atoms with van der Waals surface area (Å²) in [5.74, 6) is 3.66. The zero-order valence-corrected chi connectivity index (χ0v) is 13.9. The van der Waals surface area contributed by atoms with Gasteiger partial charge in [-0.3, -0.25) is 4.79 Å². The molecule has 0 bridgehead atoms. The van der Waals surface area contributed by atoms with Crippen molar-refractivity contribution in [3.05, 3.63) is 29.5 Å². The Morgan fingerprint density at radius 3 is 2.86 bits per heavy atom. The van der Waals surface area contributed by atoms with E-state index in [1.165, 1.54) is 24.6 Å². The summed E-state index contributed by atoms with van der Waals surface area (Å²) in [6, 6.07) is 3.80. The highest BCUT2D eigenvalue weighted by atomic mass is 32.2. The van der Waals surface area contributed by atoms with Gasteiger partial charge < -0.3 is 13.9 Å². The lowest BCUT2D eigenvalue weighted by molar-refractivity contribution is -0.127. The minimum atomic E-state index is 0.0509. The molecule has 0 aliphatic heterocycles. The highest BCUT2D eigenvalue weighted by molar-refractivity contribution is 7.99. The van der Waals surface area contributed by atoms with Gasteiger partial charge in [0.2, 0.25) is 5.91 Å². The molecule has 1 saturated carbocycles. The van der Waals surface area contributed by atoms with Crippen molar-refractivity contribution in [1.29, 1.82) is 0 Å². The fraction of sp³-hybridized carbons (Fsp3) is 0.533. The van der Waals surface area contributed by atoms with Crippen molar-refractivity contribution in [3.63, 3.8) is 0 Å². The van der Waals surface area contributed by atoms with Gasteiger partial charge in [-0.1, -0.05) is 11.8 Å². The summed E-state index contributed by atoms with van der Waals surface area (Å²) in [5.41, 5.74) is 0. The average Bonchev–Trinajstić information content (AvgIpc) is 3.15. The van der Waals surface area contributed by atoms with Crippen LogP contribution in [0.25, 0.3) is 0 Å². The van der Waals surface area contributed by atoms with Gasteiger partial charge in [-0.05, 0) is 31.9 Å². The lowest BCUT2D eigenvalue weighted by atomic mass is 10.4. The molecule has 1 aliphatic rings. The molecule has 0 aromatic carbocycles. The largest absolute Gasteiger partial charge is 0.464 e. The van der Waals surface area contributed by atoms with E-state index in [9.17, 15) is 4.79 Å². The molecule has 6 nitrogen and oxygen atoms in total. The number of hydrogen-bond donors (Lipinski definition) is 0. The van der Waals surface area contributed by atoms with Gasteiger partial charge in [0.25, 0.3) is 0 Å². The highest BCUT2D eigenvalue weighted by Gasteiger charge is 2.29. The topological polar surface area (TPSA) is 64.2 Å².